The summed E-state index contributed by atoms with van der Waals surface area (Å²) in [6.45, 7) is 0. The number of carboxylic acids is 2. The van der Waals surface area contributed by atoms with Crippen LogP contribution in [0.3, 0.4) is 0 Å². The lowest BCUT2D eigenvalue weighted by molar-refractivity contribution is -0.159. The second-order valence-corrected chi connectivity index (χ2v) is 4.28. The van der Waals surface area contributed by atoms with Crippen molar-refractivity contribution >= 4 is 23.3 Å². The van der Waals surface area contributed by atoms with Gasteiger partial charge in [0.05, 0.1) is 23.3 Å². The molecule has 0 atom stereocenters. The van der Waals surface area contributed by atoms with Crippen LogP contribution in [0, 0.1) is 22.7 Å². The Morgan fingerprint density at radius 3 is 1.38 bits per heavy atom. The summed E-state index contributed by atoms with van der Waals surface area (Å²) in [5.41, 5.74) is 7.61. The fourth-order valence-corrected chi connectivity index (χ4v) is 1.36. The molecule has 26 heavy (non-hydrogen) atoms. The molecule has 0 aliphatic rings. The van der Waals surface area contributed by atoms with E-state index in [-0.39, 0.29) is 0 Å². The van der Waals surface area contributed by atoms with Crippen molar-refractivity contribution in [1.29, 1.82) is 10.5 Å². The van der Waals surface area contributed by atoms with Gasteiger partial charge in [0.1, 0.15) is 0 Å². The van der Waals surface area contributed by atoms with Gasteiger partial charge in [-0.25, -0.2) is 9.59 Å². The first kappa shape index (κ1) is 21.9. The summed E-state index contributed by atoms with van der Waals surface area (Å²) in [4.78, 5) is 18.2. The lowest BCUT2D eigenvalue weighted by atomic mass is 10.2. The standard InChI is InChI=1S/2C7H7N3.C2H2O4/c2*8-5-6-2-1-3-7(4-6)10-9;3-1(4)2(5)6/h2*1-4,10H,9H2;(H,3,4)(H,5,6). The zero-order valence-corrected chi connectivity index (χ0v) is 13.4. The van der Waals surface area contributed by atoms with E-state index < -0.39 is 11.9 Å². The van der Waals surface area contributed by atoms with E-state index in [0.717, 1.165) is 11.4 Å². The summed E-state index contributed by atoms with van der Waals surface area (Å²) >= 11 is 0. The van der Waals surface area contributed by atoms with Crippen molar-refractivity contribution in [2.24, 2.45) is 11.7 Å². The molecule has 0 saturated heterocycles. The van der Waals surface area contributed by atoms with Crippen LogP contribution in [0.25, 0.3) is 0 Å². The maximum Gasteiger partial charge on any atom is 0.414 e. The molecule has 10 heteroatoms. The lowest BCUT2D eigenvalue weighted by Gasteiger charge is -1.96. The molecule has 0 spiro atoms. The number of anilines is 2. The third-order valence-electron chi connectivity index (χ3n) is 2.50. The Hall–Kier alpha value is -4.12. The highest BCUT2D eigenvalue weighted by Crippen LogP contribution is 2.07. The van der Waals surface area contributed by atoms with Crippen LogP contribution in [0.1, 0.15) is 11.1 Å². The van der Waals surface area contributed by atoms with Gasteiger partial charge in [0.25, 0.3) is 0 Å². The van der Waals surface area contributed by atoms with E-state index in [0.29, 0.717) is 11.1 Å². The van der Waals surface area contributed by atoms with Crippen molar-refractivity contribution in [3.8, 4) is 12.1 Å². The summed E-state index contributed by atoms with van der Waals surface area (Å²) in [5, 5.41) is 31.7. The minimum absolute atomic E-state index is 0.607. The molecule has 2 aromatic rings. The number of hydrazine groups is 2. The highest BCUT2D eigenvalue weighted by molar-refractivity contribution is 6.27. The van der Waals surface area contributed by atoms with Gasteiger partial charge in [-0.1, -0.05) is 12.1 Å². The average molecular weight is 356 g/mol. The molecule has 0 radical (unpaired) electrons. The summed E-state index contributed by atoms with van der Waals surface area (Å²) < 4.78 is 0. The first-order chi connectivity index (χ1) is 12.4. The fraction of sp³-hybridized carbons (Fsp3) is 0. The zero-order chi connectivity index (χ0) is 19.9. The van der Waals surface area contributed by atoms with Crippen molar-refractivity contribution in [1.82, 2.24) is 0 Å². The average Bonchev–Trinajstić information content (AvgIpc) is 2.68. The molecule has 0 unspecified atom stereocenters. The lowest BCUT2D eigenvalue weighted by Crippen LogP contribution is -2.09. The second-order valence-electron chi connectivity index (χ2n) is 4.28. The van der Waals surface area contributed by atoms with Gasteiger partial charge >= 0.3 is 11.9 Å². The number of rotatable bonds is 2. The number of nitrogens with zero attached hydrogens (tertiary/aromatic N) is 2. The molecule has 0 aliphatic heterocycles. The molecular formula is C16H16N6O4. The molecule has 10 nitrogen and oxygen atoms in total. The Kier molecular flexibility index (Phi) is 10.4. The van der Waals surface area contributed by atoms with Crippen molar-refractivity contribution in [3.63, 3.8) is 0 Å². The molecule has 134 valence electrons. The number of aliphatic carboxylic acids is 2. The van der Waals surface area contributed by atoms with E-state index in [2.05, 4.69) is 10.9 Å². The maximum absolute atomic E-state index is 9.10. The normalized spacial score (nSPS) is 8.15. The summed E-state index contributed by atoms with van der Waals surface area (Å²) in [5.74, 6) is 6.58. The van der Waals surface area contributed by atoms with E-state index in [1.165, 1.54) is 0 Å². The monoisotopic (exact) mass is 356 g/mol. The van der Waals surface area contributed by atoms with Crippen LogP contribution < -0.4 is 22.5 Å². The third-order valence-corrected chi connectivity index (χ3v) is 2.50. The molecule has 2 rings (SSSR count). The molecule has 0 aliphatic carbocycles. The number of carboxylic acid groups (broad SMARTS) is 2. The van der Waals surface area contributed by atoms with Crippen molar-refractivity contribution < 1.29 is 19.8 Å². The number of benzene rings is 2. The van der Waals surface area contributed by atoms with E-state index >= 15 is 0 Å². The van der Waals surface area contributed by atoms with Gasteiger partial charge in [-0.15, -0.1) is 0 Å². The van der Waals surface area contributed by atoms with Gasteiger partial charge < -0.3 is 21.1 Å². The van der Waals surface area contributed by atoms with Gasteiger partial charge in [0.15, 0.2) is 0 Å². The van der Waals surface area contributed by atoms with Crippen LogP contribution in [0.2, 0.25) is 0 Å². The predicted molar refractivity (Wildman–Crippen MR) is 93.2 cm³/mol. The van der Waals surface area contributed by atoms with E-state index in [1.807, 2.05) is 12.1 Å². The summed E-state index contributed by atoms with van der Waals surface area (Å²) in [6.07, 6.45) is 0. The second kappa shape index (κ2) is 12.3. The molecule has 8 N–H and O–H groups in total. The summed E-state index contributed by atoms with van der Waals surface area (Å²) in [6, 6.07) is 17.9. The highest BCUT2D eigenvalue weighted by atomic mass is 16.4. The number of nitrogens with two attached hydrogens (primary N) is 2. The molecule has 0 saturated carbocycles. The van der Waals surface area contributed by atoms with Gasteiger partial charge in [-0.2, -0.15) is 10.5 Å². The molecule has 0 bridgehead atoms. The number of nitriles is 2. The number of hydrogen-bond donors (Lipinski definition) is 6. The van der Waals surface area contributed by atoms with E-state index in [9.17, 15) is 0 Å². The minimum atomic E-state index is -1.82. The molecular weight excluding hydrogens is 340 g/mol. The largest absolute Gasteiger partial charge is 0.473 e. The minimum Gasteiger partial charge on any atom is -0.473 e. The fourth-order valence-electron chi connectivity index (χ4n) is 1.36. The Balaban J connectivity index is 0.000000375. The van der Waals surface area contributed by atoms with Crippen LogP contribution in [-0.2, 0) is 9.59 Å². The quantitative estimate of drug-likeness (QED) is 0.254. The smallest absolute Gasteiger partial charge is 0.414 e. The topological polar surface area (TPSA) is 198 Å². The van der Waals surface area contributed by atoms with Gasteiger partial charge in [-0.05, 0) is 36.4 Å². The Morgan fingerprint density at radius 2 is 1.15 bits per heavy atom. The molecule has 0 aromatic heterocycles. The van der Waals surface area contributed by atoms with Crippen molar-refractivity contribution in [2.75, 3.05) is 10.9 Å². The van der Waals surface area contributed by atoms with Crippen LogP contribution in [0.15, 0.2) is 48.5 Å². The number of nitrogens with one attached hydrogen (secondary N) is 2. The van der Waals surface area contributed by atoms with E-state index in [4.69, 9.17) is 42.0 Å². The Bertz CT molecular complexity index is 756. The zero-order valence-electron chi connectivity index (χ0n) is 13.4. The van der Waals surface area contributed by atoms with Crippen LogP contribution in [0.4, 0.5) is 11.4 Å². The Labute approximate surface area is 148 Å². The van der Waals surface area contributed by atoms with Crippen LogP contribution in [-0.4, -0.2) is 22.2 Å². The van der Waals surface area contributed by atoms with Gasteiger partial charge in [0.2, 0.25) is 0 Å². The maximum atomic E-state index is 9.10. The van der Waals surface area contributed by atoms with Crippen LogP contribution in [0.5, 0.6) is 0 Å². The molecule has 0 fully saturated rings. The van der Waals surface area contributed by atoms with Gasteiger partial charge in [-0.3, -0.25) is 11.7 Å². The number of nitrogen functional groups attached to an aromatic ring is 2. The first-order valence-corrected chi connectivity index (χ1v) is 6.77. The highest BCUT2D eigenvalue weighted by Gasteiger charge is 2.04. The SMILES string of the molecule is N#Cc1cccc(NN)c1.N#Cc1cccc(NN)c1.O=C(O)C(=O)O. The molecule has 0 amide bonds. The number of hydrogen-bond acceptors (Lipinski definition) is 8. The van der Waals surface area contributed by atoms with Crippen LogP contribution >= 0.6 is 0 Å². The van der Waals surface area contributed by atoms with E-state index in [1.54, 1.807) is 48.5 Å². The third kappa shape index (κ3) is 9.12. The predicted octanol–water partition coefficient (Wildman–Crippen LogP) is 0.843. The first-order valence-electron chi connectivity index (χ1n) is 6.77. The van der Waals surface area contributed by atoms with Gasteiger partial charge in [0, 0.05) is 11.4 Å². The van der Waals surface area contributed by atoms with Crippen molar-refractivity contribution in [3.05, 3.63) is 59.7 Å². The van der Waals surface area contributed by atoms with Crippen molar-refractivity contribution in [2.45, 2.75) is 0 Å². The molecule has 0 heterocycles. The Morgan fingerprint density at radius 1 is 0.808 bits per heavy atom. The summed E-state index contributed by atoms with van der Waals surface area (Å²) in [7, 11) is 0. The molecule has 2 aromatic carbocycles. The number of carbonyl (C=O) groups is 2.